The molecule has 1 atom stereocenters. The number of hydrogen-bond acceptors (Lipinski definition) is 4. The fraction of sp³-hybridized carbons (Fsp3) is 0.385. The number of carbonyl (C=O) groups is 2. The first-order valence-electron chi connectivity index (χ1n) is 5.86. The molecule has 0 heterocycles. The van der Waals surface area contributed by atoms with Gasteiger partial charge < -0.3 is 15.2 Å². The number of benzene rings is 1. The van der Waals surface area contributed by atoms with Crippen LogP contribution in [0.25, 0.3) is 0 Å². The van der Waals surface area contributed by atoms with Gasteiger partial charge in [-0.3, -0.25) is 4.79 Å². The molecule has 2 rings (SSSR count). The minimum Gasteiger partial charge on any atom is -0.478 e. The number of rotatable bonds is 5. The number of carbonyl (C=O) groups excluding carboxylic acids is 2. The molecule has 102 valence electrons. The molecule has 1 unspecified atom stereocenters. The molecule has 1 aromatic carbocycles. The lowest BCUT2D eigenvalue weighted by molar-refractivity contribution is -0.149. The molecule has 1 aliphatic carbocycles. The van der Waals surface area contributed by atoms with Gasteiger partial charge in [0.25, 0.3) is 5.91 Å². The number of amides is 1. The van der Waals surface area contributed by atoms with E-state index in [4.69, 9.17) is 10.5 Å². The van der Waals surface area contributed by atoms with E-state index < -0.39 is 23.8 Å². The molecule has 0 spiro atoms. The predicted octanol–water partition coefficient (Wildman–Crippen LogP) is 1.26. The predicted molar refractivity (Wildman–Crippen MR) is 64.1 cm³/mol. The first kappa shape index (κ1) is 13.3. The number of ether oxygens (including phenoxy) is 2. The van der Waals surface area contributed by atoms with Crippen molar-refractivity contribution in [3.63, 3.8) is 0 Å². The Morgan fingerprint density at radius 1 is 1.42 bits per heavy atom. The average molecular weight is 267 g/mol. The van der Waals surface area contributed by atoms with Gasteiger partial charge in [0, 0.05) is 12.0 Å². The normalized spacial score (nSPS) is 15.7. The van der Waals surface area contributed by atoms with E-state index >= 15 is 0 Å². The minimum atomic E-state index is -0.851. The maximum Gasteiger partial charge on any atom is 0.347 e. The number of primary amides is 1. The molecule has 0 aliphatic heterocycles. The Morgan fingerprint density at radius 3 is 2.58 bits per heavy atom. The Labute approximate surface area is 109 Å². The number of hydrogen-bond donors (Lipinski definition) is 1. The van der Waals surface area contributed by atoms with E-state index in [0.29, 0.717) is 0 Å². The summed E-state index contributed by atoms with van der Waals surface area (Å²) >= 11 is 0. The van der Waals surface area contributed by atoms with E-state index in [2.05, 4.69) is 4.74 Å². The van der Waals surface area contributed by atoms with Crippen molar-refractivity contribution in [2.75, 3.05) is 7.11 Å². The summed E-state index contributed by atoms with van der Waals surface area (Å²) < 4.78 is 23.6. The summed E-state index contributed by atoms with van der Waals surface area (Å²) in [4.78, 5) is 22.4. The van der Waals surface area contributed by atoms with Crippen molar-refractivity contribution in [3.8, 4) is 5.75 Å². The molecule has 19 heavy (non-hydrogen) atoms. The maximum atomic E-state index is 13.6. The summed E-state index contributed by atoms with van der Waals surface area (Å²) in [5.41, 5.74) is 4.79. The molecule has 1 saturated carbocycles. The first-order chi connectivity index (χ1) is 9.02. The highest BCUT2D eigenvalue weighted by Gasteiger charge is 2.39. The van der Waals surface area contributed by atoms with Crippen LogP contribution < -0.4 is 10.5 Å². The largest absolute Gasteiger partial charge is 0.478 e. The van der Waals surface area contributed by atoms with Crippen molar-refractivity contribution in [2.24, 2.45) is 11.7 Å². The molecule has 1 aliphatic rings. The molecule has 5 nitrogen and oxygen atoms in total. The van der Waals surface area contributed by atoms with Gasteiger partial charge >= 0.3 is 5.97 Å². The highest BCUT2D eigenvalue weighted by atomic mass is 19.1. The fourth-order valence-electron chi connectivity index (χ4n) is 1.77. The lowest BCUT2D eigenvalue weighted by Crippen LogP contribution is -2.30. The van der Waals surface area contributed by atoms with Crippen molar-refractivity contribution in [3.05, 3.63) is 29.6 Å². The van der Waals surface area contributed by atoms with E-state index in [1.807, 2.05) is 0 Å². The van der Waals surface area contributed by atoms with Gasteiger partial charge in [-0.15, -0.1) is 0 Å². The van der Waals surface area contributed by atoms with Gasteiger partial charge in [-0.2, -0.15) is 0 Å². The van der Waals surface area contributed by atoms with Gasteiger partial charge in [0.05, 0.1) is 12.7 Å². The zero-order valence-corrected chi connectivity index (χ0v) is 10.4. The van der Waals surface area contributed by atoms with Crippen molar-refractivity contribution in [1.82, 2.24) is 0 Å². The van der Waals surface area contributed by atoms with Crippen molar-refractivity contribution in [1.29, 1.82) is 0 Å². The molecular formula is C13H14FNO4. The Kier molecular flexibility index (Phi) is 3.69. The van der Waals surface area contributed by atoms with E-state index in [1.54, 1.807) is 0 Å². The van der Waals surface area contributed by atoms with Crippen molar-refractivity contribution >= 4 is 11.9 Å². The summed E-state index contributed by atoms with van der Waals surface area (Å²) in [5.74, 6) is -1.84. The summed E-state index contributed by atoms with van der Waals surface area (Å²) in [6, 6.07) is 3.67. The molecule has 2 N–H and O–H groups in total. The third-order valence-corrected chi connectivity index (χ3v) is 2.95. The smallest absolute Gasteiger partial charge is 0.347 e. The first-order valence-corrected chi connectivity index (χ1v) is 5.86. The van der Waals surface area contributed by atoms with Crippen LogP contribution in [-0.4, -0.2) is 25.1 Å². The van der Waals surface area contributed by atoms with Crippen LogP contribution in [0.1, 0.15) is 23.2 Å². The fourth-order valence-corrected chi connectivity index (χ4v) is 1.77. The Hall–Kier alpha value is -2.11. The summed E-state index contributed by atoms with van der Waals surface area (Å²) in [7, 11) is 1.28. The number of methoxy groups -OCH3 is 1. The van der Waals surface area contributed by atoms with Crippen LogP contribution in [0.15, 0.2) is 18.2 Å². The van der Waals surface area contributed by atoms with Gasteiger partial charge in [-0.05, 0) is 25.0 Å². The zero-order chi connectivity index (χ0) is 14.0. The van der Waals surface area contributed by atoms with Crippen LogP contribution in [-0.2, 0) is 9.53 Å². The van der Waals surface area contributed by atoms with Gasteiger partial charge in [0.1, 0.15) is 11.6 Å². The van der Waals surface area contributed by atoms with Crippen LogP contribution in [0.2, 0.25) is 0 Å². The van der Waals surface area contributed by atoms with Crippen LogP contribution in [0.3, 0.4) is 0 Å². The van der Waals surface area contributed by atoms with Crippen LogP contribution in [0.5, 0.6) is 5.75 Å². The van der Waals surface area contributed by atoms with E-state index in [-0.39, 0.29) is 17.2 Å². The maximum absolute atomic E-state index is 13.6. The zero-order valence-electron chi connectivity index (χ0n) is 10.4. The van der Waals surface area contributed by atoms with E-state index in [9.17, 15) is 14.0 Å². The molecule has 0 bridgehead atoms. The number of halogens is 1. The van der Waals surface area contributed by atoms with E-state index in [0.717, 1.165) is 18.9 Å². The number of esters is 1. The molecule has 1 fully saturated rings. The van der Waals surface area contributed by atoms with Crippen molar-refractivity contribution in [2.45, 2.75) is 18.9 Å². The Bertz CT molecular complexity index is 513. The van der Waals surface area contributed by atoms with Crippen molar-refractivity contribution < 1.29 is 23.5 Å². The molecule has 0 radical (unpaired) electrons. The van der Waals surface area contributed by atoms with Gasteiger partial charge in [-0.1, -0.05) is 0 Å². The molecule has 1 aromatic rings. The standard InChI is InChI=1S/C13H14FNO4/c1-18-13(17)11(7-2-3-7)19-8-4-5-9(12(15)16)10(14)6-8/h4-7,11H,2-3H2,1H3,(H2,15,16). The second-order valence-corrected chi connectivity index (χ2v) is 4.40. The summed E-state index contributed by atoms with van der Waals surface area (Å²) in [6.45, 7) is 0. The molecule has 0 saturated heterocycles. The van der Waals surface area contributed by atoms with Crippen LogP contribution in [0, 0.1) is 11.7 Å². The highest BCUT2D eigenvalue weighted by molar-refractivity contribution is 5.93. The van der Waals surface area contributed by atoms with Gasteiger partial charge in [0.2, 0.25) is 0 Å². The Morgan fingerprint density at radius 2 is 2.11 bits per heavy atom. The summed E-state index contributed by atoms with van der Waals surface area (Å²) in [6.07, 6.45) is 1.02. The highest BCUT2D eigenvalue weighted by Crippen LogP contribution is 2.35. The van der Waals surface area contributed by atoms with Gasteiger partial charge in [-0.25, -0.2) is 9.18 Å². The van der Waals surface area contributed by atoms with Crippen LogP contribution in [0.4, 0.5) is 4.39 Å². The van der Waals surface area contributed by atoms with Gasteiger partial charge in [0.15, 0.2) is 6.10 Å². The minimum absolute atomic E-state index is 0.103. The quantitative estimate of drug-likeness (QED) is 0.814. The molecule has 0 aromatic heterocycles. The average Bonchev–Trinajstić information content (AvgIpc) is 3.19. The second kappa shape index (κ2) is 5.26. The molecular weight excluding hydrogens is 253 g/mol. The Balaban J connectivity index is 2.15. The molecule has 6 heteroatoms. The summed E-state index contributed by atoms with van der Waals surface area (Å²) in [5, 5.41) is 0. The van der Waals surface area contributed by atoms with E-state index in [1.165, 1.54) is 19.2 Å². The lowest BCUT2D eigenvalue weighted by atomic mass is 10.2. The second-order valence-electron chi connectivity index (χ2n) is 4.40. The third-order valence-electron chi connectivity index (χ3n) is 2.95. The number of nitrogens with two attached hydrogens (primary N) is 1. The SMILES string of the molecule is COC(=O)C(Oc1ccc(C(N)=O)c(F)c1)C1CC1. The molecule has 1 amide bonds. The monoisotopic (exact) mass is 267 g/mol. The lowest BCUT2D eigenvalue weighted by Gasteiger charge is -2.16. The topological polar surface area (TPSA) is 78.6 Å². The van der Waals surface area contributed by atoms with Crippen LogP contribution >= 0.6 is 0 Å². The third kappa shape index (κ3) is 3.01.